The number of nitriles is 1. The van der Waals surface area contributed by atoms with E-state index in [9.17, 15) is 14.3 Å². The van der Waals surface area contributed by atoms with Crippen molar-refractivity contribution in [3.05, 3.63) is 72.8 Å². The molecular formula is C23H18FN7O2. The van der Waals surface area contributed by atoms with Crippen LogP contribution >= 0.6 is 0 Å². The van der Waals surface area contributed by atoms with Gasteiger partial charge in [-0.1, -0.05) is 24.8 Å². The summed E-state index contributed by atoms with van der Waals surface area (Å²) >= 11 is 0. The fourth-order valence-corrected chi connectivity index (χ4v) is 3.41. The number of rotatable bonds is 6. The van der Waals surface area contributed by atoms with Crippen LogP contribution in [0.3, 0.4) is 0 Å². The van der Waals surface area contributed by atoms with E-state index in [2.05, 4.69) is 21.6 Å². The first-order valence-corrected chi connectivity index (χ1v) is 9.82. The minimum atomic E-state index is -0.763. The Bertz CT molecular complexity index is 1410. The van der Waals surface area contributed by atoms with Crippen LogP contribution in [0.4, 0.5) is 15.9 Å². The van der Waals surface area contributed by atoms with E-state index in [1.165, 1.54) is 23.4 Å². The minimum absolute atomic E-state index is 0.151. The molecule has 0 aliphatic rings. The van der Waals surface area contributed by atoms with Crippen LogP contribution in [0, 0.1) is 17.1 Å². The maximum atomic E-state index is 13.6. The molecule has 9 nitrogen and oxygen atoms in total. The van der Waals surface area contributed by atoms with Gasteiger partial charge in [0.15, 0.2) is 17.2 Å². The number of nitrogens with zero attached hydrogens (tertiary/aromatic N) is 6. The lowest BCUT2D eigenvalue weighted by molar-refractivity contribution is -0.114. The second kappa shape index (κ2) is 8.76. The van der Waals surface area contributed by atoms with E-state index in [1.807, 2.05) is 6.07 Å². The molecule has 2 aromatic heterocycles. The van der Waals surface area contributed by atoms with Crippen LogP contribution in [0.5, 0.6) is 5.75 Å². The first-order valence-electron chi connectivity index (χ1n) is 9.82. The number of para-hydroxylation sites is 1. The van der Waals surface area contributed by atoms with E-state index >= 15 is 0 Å². The number of nitrogens with two attached hydrogens (primary N) is 1. The van der Waals surface area contributed by atoms with Gasteiger partial charge in [0.25, 0.3) is 5.91 Å². The lowest BCUT2D eigenvalue weighted by atomic mass is 10.1. The topological polar surface area (TPSA) is 134 Å². The maximum Gasteiger partial charge on any atom is 0.268 e. The van der Waals surface area contributed by atoms with E-state index in [1.54, 1.807) is 35.0 Å². The number of phenolic OH excluding ortho intramolecular Hbond substituents is 1. The van der Waals surface area contributed by atoms with Crippen LogP contribution in [0.2, 0.25) is 0 Å². The van der Waals surface area contributed by atoms with Gasteiger partial charge in [0.05, 0.1) is 11.9 Å². The molecule has 0 radical (unpaired) electrons. The summed E-state index contributed by atoms with van der Waals surface area (Å²) in [5.74, 6) is -1.65. The largest absolute Gasteiger partial charge is 0.505 e. The molecule has 0 aliphatic carbocycles. The Labute approximate surface area is 187 Å². The molecule has 33 heavy (non-hydrogen) atoms. The summed E-state index contributed by atoms with van der Waals surface area (Å²) in [5.41, 5.74) is 7.66. The van der Waals surface area contributed by atoms with Gasteiger partial charge in [-0.2, -0.15) is 10.4 Å². The molecular weight excluding hydrogens is 425 g/mol. The number of anilines is 2. The van der Waals surface area contributed by atoms with E-state index in [0.29, 0.717) is 28.0 Å². The van der Waals surface area contributed by atoms with Gasteiger partial charge in [-0.25, -0.2) is 19.0 Å². The number of halogens is 1. The fourth-order valence-electron chi connectivity index (χ4n) is 3.41. The smallest absolute Gasteiger partial charge is 0.268 e. The van der Waals surface area contributed by atoms with Crippen molar-refractivity contribution >= 4 is 28.4 Å². The van der Waals surface area contributed by atoms with Gasteiger partial charge < -0.3 is 15.7 Å². The standard InChI is InChI=1S/C23H18FN7O2/c1-14(12-25)23(33)30(16-5-3-2-4-6-16)9-10-31-22-19(21(26)27-13-28-22)20(29-31)15-7-8-17(24)18(32)11-15/h2-8,11,13,32H,1,9-10H2,(H2,26,27,28). The summed E-state index contributed by atoms with van der Waals surface area (Å²) < 4.78 is 15.1. The molecule has 10 heteroatoms. The molecule has 1 amide bonds. The van der Waals surface area contributed by atoms with Gasteiger partial charge in [0.2, 0.25) is 0 Å². The van der Waals surface area contributed by atoms with Crippen molar-refractivity contribution in [3.63, 3.8) is 0 Å². The van der Waals surface area contributed by atoms with E-state index < -0.39 is 17.5 Å². The van der Waals surface area contributed by atoms with Crippen LogP contribution in [-0.4, -0.2) is 37.3 Å². The number of carbonyl (C=O) groups excluding carboxylic acids is 1. The molecule has 2 aromatic carbocycles. The molecule has 3 N–H and O–H groups in total. The molecule has 4 rings (SSSR count). The Balaban J connectivity index is 1.75. The summed E-state index contributed by atoms with van der Waals surface area (Å²) in [6.45, 7) is 3.87. The zero-order valence-electron chi connectivity index (χ0n) is 17.3. The molecule has 0 aliphatic heterocycles. The summed E-state index contributed by atoms with van der Waals surface area (Å²) in [4.78, 5) is 22.5. The Morgan fingerprint density at radius 1 is 1.24 bits per heavy atom. The average molecular weight is 443 g/mol. The van der Waals surface area contributed by atoms with Gasteiger partial charge in [-0.15, -0.1) is 0 Å². The quantitative estimate of drug-likeness (QED) is 0.345. The molecule has 0 unspecified atom stereocenters. The zero-order chi connectivity index (χ0) is 23.5. The molecule has 0 saturated heterocycles. The first-order chi connectivity index (χ1) is 15.9. The van der Waals surface area contributed by atoms with E-state index in [-0.39, 0.29) is 24.5 Å². The lowest BCUT2D eigenvalue weighted by Crippen LogP contribution is -2.34. The minimum Gasteiger partial charge on any atom is -0.505 e. The lowest BCUT2D eigenvalue weighted by Gasteiger charge is -2.22. The van der Waals surface area contributed by atoms with E-state index in [4.69, 9.17) is 11.0 Å². The number of nitrogen functional groups attached to an aromatic ring is 1. The maximum absolute atomic E-state index is 13.6. The first kappa shape index (κ1) is 21.5. The van der Waals surface area contributed by atoms with Crippen LogP contribution in [0.25, 0.3) is 22.3 Å². The van der Waals surface area contributed by atoms with E-state index in [0.717, 1.165) is 6.07 Å². The third-order valence-corrected chi connectivity index (χ3v) is 5.02. The third-order valence-electron chi connectivity index (χ3n) is 5.02. The SMILES string of the molecule is C=C(C#N)C(=O)N(CCn1nc(-c2ccc(F)c(O)c2)c2c(N)ncnc21)c1ccccc1. The number of fused-ring (bicyclic) bond motifs is 1. The highest BCUT2D eigenvalue weighted by Gasteiger charge is 2.22. The number of aromatic hydroxyl groups is 1. The number of hydrogen-bond donors (Lipinski definition) is 2. The fraction of sp³-hybridized carbons (Fsp3) is 0.0870. The Morgan fingerprint density at radius 3 is 2.70 bits per heavy atom. The Morgan fingerprint density at radius 2 is 2.00 bits per heavy atom. The summed E-state index contributed by atoms with van der Waals surface area (Å²) in [6.07, 6.45) is 1.29. The highest BCUT2D eigenvalue weighted by molar-refractivity contribution is 6.07. The summed E-state index contributed by atoms with van der Waals surface area (Å²) in [7, 11) is 0. The molecule has 2 heterocycles. The molecule has 0 bridgehead atoms. The normalized spacial score (nSPS) is 10.7. The van der Waals surface area contributed by atoms with Crippen molar-refractivity contribution in [3.8, 4) is 23.1 Å². The van der Waals surface area contributed by atoms with Crippen LogP contribution in [-0.2, 0) is 11.3 Å². The van der Waals surface area contributed by atoms with Gasteiger partial charge >= 0.3 is 0 Å². The van der Waals surface area contributed by atoms with Crippen LogP contribution < -0.4 is 10.6 Å². The Kier molecular flexibility index (Phi) is 5.69. The third kappa shape index (κ3) is 4.07. The van der Waals surface area contributed by atoms with Crippen molar-refractivity contribution in [1.82, 2.24) is 19.7 Å². The predicted octanol–water partition coefficient (Wildman–Crippen LogP) is 3.03. The average Bonchev–Trinajstić information content (AvgIpc) is 3.21. The zero-order valence-corrected chi connectivity index (χ0v) is 17.3. The van der Waals surface area contributed by atoms with Crippen LogP contribution in [0.1, 0.15) is 0 Å². The van der Waals surface area contributed by atoms with Gasteiger partial charge in [-0.3, -0.25) is 4.79 Å². The number of hydrogen-bond acceptors (Lipinski definition) is 7. The number of aromatic nitrogens is 4. The summed E-state index contributed by atoms with van der Waals surface area (Å²) in [5, 5.41) is 23.9. The second-order valence-electron chi connectivity index (χ2n) is 7.08. The molecule has 0 fully saturated rings. The number of phenols is 1. The van der Waals surface area contributed by atoms with Crippen LogP contribution in [0.15, 0.2) is 67.0 Å². The van der Waals surface area contributed by atoms with Gasteiger partial charge in [0.1, 0.15) is 29.5 Å². The second-order valence-corrected chi connectivity index (χ2v) is 7.08. The van der Waals surface area contributed by atoms with Crippen molar-refractivity contribution < 1.29 is 14.3 Å². The van der Waals surface area contributed by atoms with Crippen molar-refractivity contribution in [2.45, 2.75) is 6.54 Å². The van der Waals surface area contributed by atoms with Crippen molar-refractivity contribution in [2.24, 2.45) is 0 Å². The predicted molar refractivity (Wildman–Crippen MR) is 120 cm³/mol. The molecule has 0 saturated carbocycles. The number of benzene rings is 2. The highest BCUT2D eigenvalue weighted by Crippen LogP contribution is 2.32. The van der Waals surface area contributed by atoms with Crippen molar-refractivity contribution in [2.75, 3.05) is 17.2 Å². The van der Waals surface area contributed by atoms with Gasteiger partial charge in [0, 0.05) is 17.8 Å². The molecule has 164 valence electrons. The summed E-state index contributed by atoms with van der Waals surface area (Å²) in [6, 6.07) is 14.5. The molecule has 4 aromatic rings. The number of carbonyl (C=O) groups is 1. The molecule has 0 atom stereocenters. The Hall–Kier alpha value is -4.78. The molecule has 0 spiro atoms. The number of amides is 1. The monoisotopic (exact) mass is 443 g/mol. The van der Waals surface area contributed by atoms with Crippen molar-refractivity contribution in [1.29, 1.82) is 5.26 Å². The highest BCUT2D eigenvalue weighted by atomic mass is 19.1. The van der Waals surface area contributed by atoms with Gasteiger partial charge in [-0.05, 0) is 30.3 Å².